The number of rotatable bonds is 3. The lowest BCUT2D eigenvalue weighted by Gasteiger charge is -2.11. The second-order valence-electron chi connectivity index (χ2n) is 4.91. The fourth-order valence-electron chi connectivity index (χ4n) is 2.36. The number of nitrogens with one attached hydrogen (secondary N) is 1. The van der Waals surface area contributed by atoms with Crippen molar-refractivity contribution in [3.8, 4) is 11.3 Å². The maximum Gasteiger partial charge on any atom is 0.349 e. The van der Waals surface area contributed by atoms with Crippen LogP contribution >= 0.6 is 27.3 Å². The summed E-state index contributed by atoms with van der Waals surface area (Å²) in [5, 5.41) is 5.81. The number of hydrogen-bond acceptors (Lipinski definition) is 5. The van der Waals surface area contributed by atoms with Crippen molar-refractivity contribution < 1.29 is 9.53 Å². The van der Waals surface area contributed by atoms with Crippen LogP contribution in [-0.2, 0) is 4.74 Å². The molecule has 23 heavy (non-hydrogen) atoms. The summed E-state index contributed by atoms with van der Waals surface area (Å²) in [6.07, 6.45) is -0.537. The molecule has 3 aromatic rings. The molecule has 0 saturated heterocycles. The van der Waals surface area contributed by atoms with Crippen LogP contribution in [0.1, 0.15) is 22.1 Å². The van der Waals surface area contributed by atoms with E-state index in [0.717, 1.165) is 21.3 Å². The van der Waals surface area contributed by atoms with Gasteiger partial charge < -0.3 is 10.1 Å². The van der Waals surface area contributed by atoms with Gasteiger partial charge in [0.1, 0.15) is 5.56 Å². The molecule has 112 valence electrons. The summed E-state index contributed by atoms with van der Waals surface area (Å²) in [6.45, 7) is 0. The van der Waals surface area contributed by atoms with E-state index in [9.17, 15) is 4.79 Å². The second kappa shape index (κ2) is 5.69. The van der Waals surface area contributed by atoms with Gasteiger partial charge in [-0.2, -0.15) is 0 Å². The van der Waals surface area contributed by atoms with Gasteiger partial charge >= 0.3 is 5.97 Å². The van der Waals surface area contributed by atoms with Crippen LogP contribution in [0.3, 0.4) is 0 Å². The largest absolute Gasteiger partial charge is 0.433 e. The van der Waals surface area contributed by atoms with Crippen molar-refractivity contribution in [3.05, 3.63) is 69.5 Å². The van der Waals surface area contributed by atoms with Crippen LogP contribution in [-0.4, -0.2) is 11.0 Å². The summed E-state index contributed by atoms with van der Waals surface area (Å²) in [5.74, 6) is -0.391. The number of carbonyl (C=O) groups is 1. The highest BCUT2D eigenvalue weighted by Crippen LogP contribution is 2.33. The van der Waals surface area contributed by atoms with E-state index in [2.05, 4.69) is 38.4 Å². The first-order valence-corrected chi connectivity index (χ1v) is 8.49. The molecule has 1 aliphatic heterocycles. The number of fused-ring (bicyclic) bond motifs is 1. The zero-order valence-corrected chi connectivity index (χ0v) is 14.1. The molecular weight excluding hydrogens is 376 g/mol. The van der Waals surface area contributed by atoms with Gasteiger partial charge in [0.05, 0.1) is 5.69 Å². The molecule has 0 bridgehead atoms. The van der Waals surface area contributed by atoms with Gasteiger partial charge in [-0.15, -0.1) is 11.3 Å². The van der Waals surface area contributed by atoms with Crippen molar-refractivity contribution in [2.24, 2.45) is 0 Å². The number of aromatic nitrogens is 1. The van der Waals surface area contributed by atoms with Gasteiger partial charge in [0.2, 0.25) is 6.23 Å². The standard InChI is InChI=1S/C17H9BrN2O2S/c18-11-5-3-4-10(8-11)14-9-23-17(19-14)20-15-12-6-1-2-7-13(12)16(21)22-15/h1,3-6,8-9,15H,(H,19,20)/t15-/m1/s1. The smallest absolute Gasteiger partial charge is 0.349 e. The van der Waals surface area contributed by atoms with E-state index in [1.807, 2.05) is 29.6 Å². The summed E-state index contributed by atoms with van der Waals surface area (Å²) in [6, 6.07) is 17.0. The van der Waals surface area contributed by atoms with Gasteiger partial charge in [-0.05, 0) is 24.3 Å². The van der Waals surface area contributed by atoms with Crippen molar-refractivity contribution in [3.63, 3.8) is 0 Å². The highest BCUT2D eigenvalue weighted by molar-refractivity contribution is 9.10. The Morgan fingerprint density at radius 3 is 3.13 bits per heavy atom. The fraction of sp³-hybridized carbons (Fsp3) is 0.0588. The van der Waals surface area contributed by atoms with Crippen LogP contribution < -0.4 is 5.32 Å². The number of carbonyl (C=O) groups excluding carboxylic acids is 1. The molecule has 0 amide bonds. The number of hydrogen-bond donors (Lipinski definition) is 1. The van der Waals surface area contributed by atoms with E-state index in [0.29, 0.717) is 10.7 Å². The molecule has 1 atom stereocenters. The number of thiazole rings is 1. The Balaban J connectivity index is 1.58. The van der Waals surface area contributed by atoms with Gasteiger partial charge in [-0.25, -0.2) is 9.78 Å². The Morgan fingerprint density at radius 2 is 2.26 bits per heavy atom. The zero-order chi connectivity index (χ0) is 15.8. The predicted molar refractivity (Wildman–Crippen MR) is 91.1 cm³/mol. The first-order chi connectivity index (χ1) is 11.2. The van der Waals surface area contributed by atoms with Gasteiger partial charge in [0.25, 0.3) is 0 Å². The minimum Gasteiger partial charge on any atom is -0.433 e. The molecule has 0 fully saturated rings. The first-order valence-electron chi connectivity index (χ1n) is 6.82. The summed E-state index contributed by atoms with van der Waals surface area (Å²) in [5.41, 5.74) is 3.08. The molecule has 0 spiro atoms. The number of esters is 1. The van der Waals surface area contributed by atoms with E-state index in [1.54, 1.807) is 12.1 Å². The SMILES string of the molecule is O=C1O[C@@H](Nc2nc(-c3cccc(Br)c3)cs2)c2ccc#cc21. The Bertz CT molecular complexity index is 894. The number of cyclic esters (lactones) is 1. The van der Waals surface area contributed by atoms with E-state index >= 15 is 0 Å². The minimum atomic E-state index is -0.537. The summed E-state index contributed by atoms with van der Waals surface area (Å²) in [7, 11) is 0. The average molecular weight is 385 g/mol. The van der Waals surface area contributed by atoms with Crippen LogP contribution in [0.15, 0.2) is 46.3 Å². The third-order valence-electron chi connectivity index (χ3n) is 3.42. The number of ether oxygens (including phenoxy) is 1. The van der Waals surface area contributed by atoms with Gasteiger partial charge in [-0.1, -0.05) is 40.2 Å². The van der Waals surface area contributed by atoms with Crippen molar-refractivity contribution in [1.29, 1.82) is 0 Å². The summed E-state index contributed by atoms with van der Waals surface area (Å²) in [4.78, 5) is 16.4. The number of benzene rings is 1. The Morgan fingerprint density at radius 1 is 1.35 bits per heavy atom. The van der Waals surface area contributed by atoms with Crippen molar-refractivity contribution in [1.82, 2.24) is 4.98 Å². The maximum absolute atomic E-state index is 11.8. The fourth-order valence-corrected chi connectivity index (χ4v) is 3.49. The monoisotopic (exact) mass is 384 g/mol. The highest BCUT2D eigenvalue weighted by Gasteiger charge is 2.31. The van der Waals surface area contributed by atoms with Crippen LogP contribution in [0.5, 0.6) is 0 Å². The Kier molecular flexibility index (Phi) is 3.52. The first kappa shape index (κ1) is 14.2. The zero-order valence-electron chi connectivity index (χ0n) is 11.7. The molecule has 0 radical (unpaired) electrons. The third-order valence-corrected chi connectivity index (χ3v) is 4.69. The highest BCUT2D eigenvalue weighted by atomic mass is 79.9. The number of nitrogens with zero attached hydrogens (tertiary/aromatic N) is 1. The van der Waals surface area contributed by atoms with E-state index in [1.165, 1.54) is 11.3 Å². The van der Waals surface area contributed by atoms with Crippen LogP contribution in [0.4, 0.5) is 5.13 Å². The molecule has 2 aromatic carbocycles. The molecule has 2 heterocycles. The lowest BCUT2D eigenvalue weighted by Crippen LogP contribution is -2.09. The molecule has 6 heteroatoms. The van der Waals surface area contributed by atoms with Crippen LogP contribution in [0.25, 0.3) is 11.3 Å². The minimum absolute atomic E-state index is 0.391. The van der Waals surface area contributed by atoms with Gasteiger partial charge in [0, 0.05) is 21.0 Å². The Labute approximate surface area is 145 Å². The number of halogens is 1. The lowest BCUT2D eigenvalue weighted by molar-refractivity contribution is 0.0437. The lowest BCUT2D eigenvalue weighted by atomic mass is 10.1. The quantitative estimate of drug-likeness (QED) is 0.677. The number of anilines is 1. The van der Waals surface area contributed by atoms with E-state index in [-0.39, 0.29) is 0 Å². The summed E-state index contributed by atoms with van der Waals surface area (Å²) >= 11 is 4.92. The molecule has 4 nitrogen and oxygen atoms in total. The maximum atomic E-state index is 11.8. The molecule has 0 saturated carbocycles. The molecule has 0 aliphatic carbocycles. The van der Waals surface area contributed by atoms with Crippen molar-refractivity contribution in [2.75, 3.05) is 5.32 Å². The average Bonchev–Trinajstić information content (AvgIpc) is 3.14. The predicted octanol–water partition coefficient (Wildman–Crippen LogP) is 4.45. The van der Waals surface area contributed by atoms with E-state index < -0.39 is 12.2 Å². The van der Waals surface area contributed by atoms with Crippen molar-refractivity contribution >= 4 is 38.4 Å². The van der Waals surface area contributed by atoms with Gasteiger partial charge in [-0.3, -0.25) is 0 Å². The molecule has 1 aliphatic rings. The molecular formula is C17H9BrN2O2S. The Hall–Kier alpha value is -2.36. The molecule has 4 rings (SSSR count). The van der Waals surface area contributed by atoms with Crippen molar-refractivity contribution in [2.45, 2.75) is 6.23 Å². The van der Waals surface area contributed by atoms with Gasteiger partial charge in [0.15, 0.2) is 5.13 Å². The third kappa shape index (κ3) is 2.69. The second-order valence-corrected chi connectivity index (χ2v) is 6.68. The van der Waals surface area contributed by atoms with E-state index in [4.69, 9.17) is 4.74 Å². The summed E-state index contributed by atoms with van der Waals surface area (Å²) < 4.78 is 6.33. The molecule has 1 N–H and O–H groups in total. The van der Waals surface area contributed by atoms with Crippen LogP contribution in [0, 0.1) is 12.1 Å². The normalized spacial score (nSPS) is 15.7. The molecule has 1 aromatic heterocycles. The van der Waals surface area contributed by atoms with Crippen LogP contribution in [0.2, 0.25) is 0 Å². The molecule has 0 unspecified atom stereocenters. The topological polar surface area (TPSA) is 51.2 Å².